The lowest BCUT2D eigenvalue weighted by molar-refractivity contribution is 0.106. The highest BCUT2D eigenvalue weighted by molar-refractivity contribution is 9.10. The van der Waals surface area contributed by atoms with Crippen molar-refractivity contribution in [3.8, 4) is 0 Å². The van der Waals surface area contributed by atoms with E-state index in [9.17, 15) is 5.11 Å². The topological polar surface area (TPSA) is 20.2 Å². The summed E-state index contributed by atoms with van der Waals surface area (Å²) >= 11 is 3.55. The van der Waals surface area contributed by atoms with Gasteiger partial charge in [0.2, 0.25) is 0 Å². The van der Waals surface area contributed by atoms with Gasteiger partial charge in [-0.25, -0.2) is 0 Å². The average Bonchev–Trinajstić information content (AvgIpc) is 2.20. The van der Waals surface area contributed by atoms with E-state index in [1.54, 1.807) is 0 Å². The van der Waals surface area contributed by atoms with Crippen LogP contribution < -0.4 is 0 Å². The van der Waals surface area contributed by atoms with Gasteiger partial charge in [0.05, 0.1) is 6.10 Å². The predicted molar refractivity (Wildman–Crippen MR) is 61.4 cm³/mol. The van der Waals surface area contributed by atoms with Gasteiger partial charge in [-0.15, -0.1) is 0 Å². The fourth-order valence-corrected chi connectivity index (χ4v) is 2.83. The van der Waals surface area contributed by atoms with Crippen LogP contribution in [0.4, 0.5) is 0 Å². The predicted octanol–water partition coefficient (Wildman–Crippen LogP) is 3.47. The van der Waals surface area contributed by atoms with Crippen LogP contribution in [0.1, 0.15) is 37.2 Å². The molecular formula is C12H15BrO. The second kappa shape index (κ2) is 4.45. The number of aliphatic hydroxyl groups is 1. The minimum atomic E-state index is -0.151. The first-order valence-electron chi connectivity index (χ1n) is 5.21. The number of aliphatic hydroxyl groups excluding tert-OH is 1. The normalized spacial score (nSPS) is 27.6. The van der Waals surface area contributed by atoms with Gasteiger partial charge in [0.25, 0.3) is 0 Å². The summed E-state index contributed by atoms with van der Waals surface area (Å²) in [6.45, 7) is 0. The molecule has 1 saturated carbocycles. The summed E-state index contributed by atoms with van der Waals surface area (Å²) in [5.74, 6) is 0.333. The van der Waals surface area contributed by atoms with Gasteiger partial charge in [-0.2, -0.15) is 0 Å². The Labute approximate surface area is 93.3 Å². The van der Waals surface area contributed by atoms with E-state index in [1.165, 1.54) is 18.4 Å². The molecule has 2 atom stereocenters. The van der Waals surface area contributed by atoms with E-state index in [0.717, 1.165) is 17.3 Å². The van der Waals surface area contributed by atoms with Crippen LogP contribution in [0.3, 0.4) is 0 Å². The highest BCUT2D eigenvalue weighted by atomic mass is 79.9. The lowest BCUT2D eigenvalue weighted by Crippen LogP contribution is -2.22. The maximum absolute atomic E-state index is 9.93. The summed E-state index contributed by atoms with van der Waals surface area (Å²) in [6, 6.07) is 8.23. The maximum Gasteiger partial charge on any atom is 0.0609 e. The van der Waals surface area contributed by atoms with E-state index < -0.39 is 0 Å². The molecule has 14 heavy (non-hydrogen) atoms. The van der Waals surface area contributed by atoms with Crippen LogP contribution in [0.25, 0.3) is 0 Å². The van der Waals surface area contributed by atoms with Crippen molar-refractivity contribution in [2.75, 3.05) is 0 Å². The monoisotopic (exact) mass is 254 g/mol. The molecule has 0 radical (unpaired) electrons. The Morgan fingerprint density at radius 3 is 2.57 bits per heavy atom. The van der Waals surface area contributed by atoms with Crippen molar-refractivity contribution in [1.29, 1.82) is 0 Å². The van der Waals surface area contributed by atoms with Crippen LogP contribution in [0.5, 0.6) is 0 Å². The van der Waals surface area contributed by atoms with Gasteiger partial charge in [-0.05, 0) is 24.5 Å². The molecule has 1 aromatic carbocycles. The largest absolute Gasteiger partial charge is 0.392 e. The zero-order valence-electron chi connectivity index (χ0n) is 8.12. The van der Waals surface area contributed by atoms with E-state index in [4.69, 9.17) is 0 Å². The number of benzene rings is 1. The zero-order valence-corrected chi connectivity index (χ0v) is 9.70. The lowest BCUT2D eigenvalue weighted by Gasteiger charge is -2.28. The van der Waals surface area contributed by atoms with Crippen LogP contribution in [0.2, 0.25) is 0 Å². The number of rotatable bonds is 1. The molecule has 0 aliphatic heterocycles. The summed E-state index contributed by atoms with van der Waals surface area (Å²) in [5, 5.41) is 9.93. The third-order valence-corrected chi connectivity index (χ3v) is 3.76. The van der Waals surface area contributed by atoms with Gasteiger partial charge in [0, 0.05) is 10.4 Å². The summed E-state index contributed by atoms with van der Waals surface area (Å²) < 4.78 is 1.13. The average molecular weight is 255 g/mol. The molecule has 1 nitrogen and oxygen atoms in total. The van der Waals surface area contributed by atoms with Crippen molar-refractivity contribution in [3.05, 3.63) is 34.3 Å². The van der Waals surface area contributed by atoms with Crippen molar-refractivity contribution in [2.24, 2.45) is 0 Å². The Bertz CT molecular complexity index is 311. The fourth-order valence-electron chi connectivity index (χ4n) is 2.25. The van der Waals surface area contributed by atoms with E-state index >= 15 is 0 Å². The van der Waals surface area contributed by atoms with Crippen molar-refractivity contribution < 1.29 is 5.11 Å². The zero-order chi connectivity index (χ0) is 9.97. The van der Waals surface area contributed by atoms with Gasteiger partial charge in [-0.3, -0.25) is 0 Å². The smallest absolute Gasteiger partial charge is 0.0609 e. The molecule has 0 saturated heterocycles. The first-order chi connectivity index (χ1) is 6.79. The molecule has 1 aliphatic rings. The quantitative estimate of drug-likeness (QED) is 0.814. The van der Waals surface area contributed by atoms with Crippen LogP contribution in [-0.4, -0.2) is 11.2 Å². The SMILES string of the molecule is O[C@@H]1CCCC[C@H]1c1ccccc1Br. The Kier molecular flexibility index (Phi) is 3.24. The third-order valence-electron chi connectivity index (χ3n) is 3.03. The maximum atomic E-state index is 9.93. The van der Waals surface area contributed by atoms with Gasteiger partial charge in [0.15, 0.2) is 0 Å². The van der Waals surface area contributed by atoms with E-state index in [2.05, 4.69) is 28.1 Å². The summed E-state index contributed by atoms with van der Waals surface area (Å²) in [6.07, 6.45) is 4.32. The van der Waals surface area contributed by atoms with E-state index in [1.807, 2.05) is 12.1 Å². The molecule has 1 N–H and O–H groups in total. The Hall–Kier alpha value is -0.340. The van der Waals surface area contributed by atoms with Gasteiger partial charge < -0.3 is 5.11 Å². The first-order valence-corrected chi connectivity index (χ1v) is 6.01. The van der Waals surface area contributed by atoms with Crippen LogP contribution in [-0.2, 0) is 0 Å². The molecule has 0 aromatic heterocycles. The van der Waals surface area contributed by atoms with Gasteiger partial charge in [0.1, 0.15) is 0 Å². The lowest BCUT2D eigenvalue weighted by atomic mass is 9.82. The number of halogens is 1. The molecular weight excluding hydrogens is 240 g/mol. The number of hydrogen-bond donors (Lipinski definition) is 1. The van der Waals surface area contributed by atoms with Crippen molar-refractivity contribution >= 4 is 15.9 Å². The van der Waals surface area contributed by atoms with E-state index in [0.29, 0.717) is 5.92 Å². The van der Waals surface area contributed by atoms with Crippen LogP contribution >= 0.6 is 15.9 Å². The molecule has 0 spiro atoms. The van der Waals surface area contributed by atoms with Crippen molar-refractivity contribution in [1.82, 2.24) is 0 Å². The van der Waals surface area contributed by atoms with Gasteiger partial charge >= 0.3 is 0 Å². The second-order valence-electron chi connectivity index (χ2n) is 3.98. The molecule has 2 heteroatoms. The van der Waals surface area contributed by atoms with Crippen molar-refractivity contribution in [3.63, 3.8) is 0 Å². The molecule has 2 rings (SSSR count). The molecule has 76 valence electrons. The molecule has 0 unspecified atom stereocenters. The van der Waals surface area contributed by atoms with E-state index in [-0.39, 0.29) is 6.10 Å². The third kappa shape index (κ3) is 2.01. The summed E-state index contributed by atoms with van der Waals surface area (Å²) in [5.41, 5.74) is 1.26. The molecule has 0 bridgehead atoms. The standard InChI is InChI=1S/C12H15BrO/c13-11-7-3-1-5-9(11)10-6-2-4-8-12(10)14/h1,3,5,7,10,12,14H,2,4,6,8H2/t10-,12+/m0/s1. The Balaban J connectivity index is 2.25. The van der Waals surface area contributed by atoms with Crippen LogP contribution in [0, 0.1) is 0 Å². The summed E-state index contributed by atoms with van der Waals surface area (Å²) in [7, 11) is 0. The Morgan fingerprint density at radius 2 is 1.86 bits per heavy atom. The number of hydrogen-bond acceptors (Lipinski definition) is 1. The molecule has 0 amide bonds. The molecule has 1 aliphatic carbocycles. The highest BCUT2D eigenvalue weighted by Crippen LogP contribution is 2.36. The van der Waals surface area contributed by atoms with Crippen molar-refractivity contribution in [2.45, 2.75) is 37.7 Å². The Morgan fingerprint density at radius 1 is 1.14 bits per heavy atom. The molecule has 0 heterocycles. The van der Waals surface area contributed by atoms with Gasteiger partial charge in [-0.1, -0.05) is 47.0 Å². The highest BCUT2D eigenvalue weighted by Gasteiger charge is 2.25. The minimum Gasteiger partial charge on any atom is -0.392 e. The molecule has 1 fully saturated rings. The molecule has 1 aromatic rings. The second-order valence-corrected chi connectivity index (χ2v) is 4.83. The first kappa shape index (κ1) is 10.2. The summed E-state index contributed by atoms with van der Waals surface area (Å²) in [4.78, 5) is 0. The minimum absolute atomic E-state index is 0.151. The fraction of sp³-hybridized carbons (Fsp3) is 0.500. The van der Waals surface area contributed by atoms with Crippen LogP contribution in [0.15, 0.2) is 28.7 Å².